The van der Waals surface area contributed by atoms with Crippen LogP contribution < -0.4 is 17.0 Å². The van der Waals surface area contributed by atoms with Gasteiger partial charge in [-0.25, -0.2) is 38.0 Å². The average molecular weight is 811 g/mol. The summed E-state index contributed by atoms with van der Waals surface area (Å²) in [7, 11) is -23.8. The second kappa shape index (κ2) is 14.7. The molecule has 2 aliphatic heterocycles. The van der Waals surface area contributed by atoms with Crippen molar-refractivity contribution in [1.82, 2.24) is 29.1 Å². The van der Waals surface area contributed by atoms with Crippen LogP contribution in [0.5, 0.6) is 0 Å². The molecule has 6 unspecified atom stereocenters. The number of aromatic nitrogens is 6. The molecule has 0 aliphatic carbocycles. The Morgan fingerprint density at radius 3 is 2.08 bits per heavy atom. The fraction of sp³-hybridized carbons (Fsp3) is 0.550. The van der Waals surface area contributed by atoms with Crippen molar-refractivity contribution < 1.29 is 84.6 Å². The van der Waals surface area contributed by atoms with E-state index >= 15 is 0 Å². The number of anilines is 1. The van der Waals surface area contributed by atoms with Crippen LogP contribution >= 0.6 is 31.3 Å². The predicted molar refractivity (Wildman–Crippen MR) is 161 cm³/mol. The lowest BCUT2D eigenvalue weighted by Crippen LogP contribution is -2.33. The number of ether oxygens (including phenoxy) is 2. The Kier molecular flexibility index (Phi) is 11.4. The van der Waals surface area contributed by atoms with Crippen LogP contribution in [0.1, 0.15) is 24.4 Å². The first kappa shape index (κ1) is 39.6. The standard InChI is InChI=1S/C20H29N7O20P4/c1-8-3-26(20(32)25-18(8)31)12-2-9(28)10(43-12)4-41-48(33,34)45-50(37,38)47-51(39,40)46-49(35,36)42-5-11-14(29)15(30)19(44-11)27-7-24-13-16(21)22-6-23-17(13)27/h3,6-7,9-12,14-15,19,28-30H,2,4-5H2,1H3,(H,33,34)(H,35,36)(H,37,38)(H,39,40)(H2,21,22,23)(H,25,31,32)/t9-,10-,11-,12-,14?,15?,19-/m1/s1. The number of phosphoric acid groups is 4. The Labute approximate surface area is 282 Å². The van der Waals surface area contributed by atoms with Gasteiger partial charge in [-0.3, -0.25) is 28.0 Å². The number of nitrogens with two attached hydrogens (primary N) is 1. The third kappa shape index (κ3) is 9.31. The van der Waals surface area contributed by atoms with Crippen LogP contribution in [0.4, 0.5) is 5.82 Å². The number of aromatic amines is 1. The highest BCUT2D eigenvalue weighted by molar-refractivity contribution is 7.69. The Hall–Kier alpha value is -2.61. The molecular weight excluding hydrogens is 782 g/mol. The van der Waals surface area contributed by atoms with E-state index in [-0.39, 0.29) is 29.0 Å². The number of imidazole rings is 1. The number of aryl methyl sites for hydroxylation is 1. The minimum atomic E-state index is -6.18. The van der Waals surface area contributed by atoms with E-state index in [9.17, 15) is 62.7 Å². The largest absolute Gasteiger partial charge is 0.490 e. The van der Waals surface area contributed by atoms with Gasteiger partial charge in [0.05, 0.1) is 25.6 Å². The molecule has 51 heavy (non-hydrogen) atoms. The molecule has 0 spiro atoms. The van der Waals surface area contributed by atoms with Gasteiger partial charge in [0.15, 0.2) is 17.7 Å². The summed E-state index contributed by atoms with van der Waals surface area (Å²) in [6.07, 6.45) is -7.49. The molecule has 0 radical (unpaired) electrons. The zero-order chi connectivity index (χ0) is 37.7. The summed E-state index contributed by atoms with van der Waals surface area (Å²) in [5, 5.41) is 31.1. The van der Waals surface area contributed by atoms with E-state index in [0.717, 1.165) is 28.0 Å². The number of hydrogen-bond acceptors (Lipinski definition) is 20. The number of nitrogens with one attached hydrogen (secondary N) is 1. The third-order valence-corrected chi connectivity index (χ3v) is 13.0. The van der Waals surface area contributed by atoms with Gasteiger partial charge >= 0.3 is 37.0 Å². The lowest BCUT2D eigenvalue weighted by atomic mass is 10.1. The zero-order valence-electron chi connectivity index (χ0n) is 25.4. The molecule has 0 amide bonds. The van der Waals surface area contributed by atoms with Gasteiger partial charge in [0.1, 0.15) is 42.5 Å². The van der Waals surface area contributed by atoms with Gasteiger partial charge in [-0.1, -0.05) is 0 Å². The number of fused-ring (bicyclic) bond motifs is 1. The minimum absolute atomic E-state index is 0.0142. The first-order chi connectivity index (χ1) is 23.6. The SMILES string of the molecule is Cc1cn([C@H]2C[C@@H](O)[C@@H](COP(=O)(O)OP(=O)(O)OP(=O)(O)OP(=O)(O)OC[C@H]3O[C@@H](n4cnc5c(N)ncnc54)C(O)C3O)O2)c(=O)[nH]c1=O. The number of aliphatic hydroxyl groups excluding tert-OH is 3. The summed E-state index contributed by atoms with van der Waals surface area (Å²) in [5.41, 5.74) is 4.47. The zero-order valence-corrected chi connectivity index (χ0v) is 29.0. The number of nitrogens with zero attached hydrogens (tertiary/aromatic N) is 5. The number of H-pyrrole nitrogens is 1. The first-order valence-electron chi connectivity index (χ1n) is 13.9. The van der Waals surface area contributed by atoms with Crippen LogP contribution in [0.2, 0.25) is 0 Å². The smallest absolute Gasteiger partial charge is 0.390 e. The van der Waals surface area contributed by atoms with E-state index in [1.807, 2.05) is 4.98 Å². The second-order valence-corrected chi connectivity index (χ2v) is 17.0. The fourth-order valence-corrected chi connectivity index (χ4v) is 9.74. The molecular formula is C20H29N7O20P4. The Bertz CT molecular complexity index is 2090. The fourth-order valence-electron chi connectivity index (χ4n) is 4.79. The molecule has 2 saturated heterocycles. The molecule has 10 N–H and O–H groups in total. The average Bonchev–Trinajstić information content (AvgIpc) is 3.67. The maximum atomic E-state index is 12.4. The summed E-state index contributed by atoms with van der Waals surface area (Å²) in [4.78, 5) is 76.8. The minimum Gasteiger partial charge on any atom is -0.390 e. The summed E-state index contributed by atoms with van der Waals surface area (Å²) in [6, 6.07) is 0. The Balaban J connectivity index is 1.13. The highest BCUT2D eigenvalue weighted by Gasteiger charge is 2.49. The molecule has 2 fully saturated rings. The highest BCUT2D eigenvalue weighted by atomic mass is 31.3. The monoisotopic (exact) mass is 811 g/mol. The van der Waals surface area contributed by atoms with Crippen LogP contribution in [-0.2, 0) is 49.7 Å². The van der Waals surface area contributed by atoms with Crippen molar-refractivity contribution in [3.05, 3.63) is 45.3 Å². The van der Waals surface area contributed by atoms with E-state index < -0.39 is 98.7 Å². The number of hydrogen-bond donors (Lipinski definition) is 9. The van der Waals surface area contributed by atoms with Gasteiger partial charge < -0.3 is 50.1 Å². The molecule has 2 aliphatic rings. The van der Waals surface area contributed by atoms with Crippen LogP contribution in [-0.4, -0.2) is 108 Å². The van der Waals surface area contributed by atoms with Crippen molar-refractivity contribution >= 4 is 48.3 Å². The summed E-state index contributed by atoms with van der Waals surface area (Å²) < 4.78 is 82.8. The normalized spacial score (nSPS) is 30.1. The topological polar surface area (TPSA) is 399 Å². The van der Waals surface area contributed by atoms with Gasteiger partial charge in [0.2, 0.25) is 0 Å². The first-order valence-corrected chi connectivity index (χ1v) is 19.9. The number of phosphoric ester groups is 2. The second-order valence-electron chi connectivity index (χ2n) is 10.8. The van der Waals surface area contributed by atoms with Gasteiger partial charge in [-0.05, 0) is 6.92 Å². The maximum Gasteiger partial charge on any atom is 0.490 e. The van der Waals surface area contributed by atoms with E-state index in [4.69, 9.17) is 15.2 Å². The summed E-state index contributed by atoms with van der Waals surface area (Å²) >= 11 is 0. The number of rotatable bonds is 14. The third-order valence-electron chi connectivity index (χ3n) is 7.08. The molecule has 3 aromatic heterocycles. The lowest BCUT2D eigenvalue weighted by Gasteiger charge is -2.21. The van der Waals surface area contributed by atoms with E-state index in [1.165, 1.54) is 6.92 Å². The molecule has 5 heterocycles. The van der Waals surface area contributed by atoms with Crippen molar-refractivity contribution in [2.75, 3.05) is 18.9 Å². The molecule has 3 aromatic rings. The Morgan fingerprint density at radius 2 is 1.45 bits per heavy atom. The van der Waals surface area contributed by atoms with E-state index in [0.29, 0.717) is 0 Å². The molecule has 5 rings (SSSR count). The molecule has 31 heteroatoms. The van der Waals surface area contributed by atoms with Gasteiger partial charge in [-0.15, -0.1) is 0 Å². The summed E-state index contributed by atoms with van der Waals surface area (Å²) in [5.74, 6) is -0.0142. The van der Waals surface area contributed by atoms with Crippen molar-refractivity contribution in [3.63, 3.8) is 0 Å². The molecule has 11 atom stereocenters. The molecule has 27 nitrogen and oxygen atoms in total. The van der Waals surface area contributed by atoms with Crippen molar-refractivity contribution in [2.45, 2.75) is 56.3 Å². The van der Waals surface area contributed by atoms with Crippen LogP contribution in [0.3, 0.4) is 0 Å². The van der Waals surface area contributed by atoms with Gasteiger partial charge in [0.25, 0.3) is 5.56 Å². The van der Waals surface area contributed by atoms with Gasteiger partial charge in [-0.2, -0.15) is 12.9 Å². The number of nitrogen functional groups attached to an aromatic ring is 1. The predicted octanol–water partition coefficient (Wildman–Crippen LogP) is -1.98. The van der Waals surface area contributed by atoms with E-state index in [2.05, 4.69) is 36.9 Å². The maximum absolute atomic E-state index is 12.4. The summed E-state index contributed by atoms with van der Waals surface area (Å²) in [6.45, 7) is -0.750. The van der Waals surface area contributed by atoms with Crippen LogP contribution in [0.25, 0.3) is 11.2 Å². The highest BCUT2D eigenvalue weighted by Crippen LogP contribution is 2.71. The Morgan fingerprint density at radius 1 is 0.863 bits per heavy atom. The van der Waals surface area contributed by atoms with Crippen molar-refractivity contribution in [2.24, 2.45) is 0 Å². The van der Waals surface area contributed by atoms with Crippen molar-refractivity contribution in [1.29, 1.82) is 0 Å². The molecule has 284 valence electrons. The quantitative estimate of drug-likeness (QED) is 0.0796. The lowest BCUT2D eigenvalue weighted by molar-refractivity contribution is -0.0503. The van der Waals surface area contributed by atoms with E-state index in [1.54, 1.807) is 0 Å². The molecule has 0 aromatic carbocycles. The number of aliphatic hydroxyl groups is 3. The molecule has 0 saturated carbocycles. The van der Waals surface area contributed by atoms with Crippen LogP contribution in [0, 0.1) is 6.92 Å². The van der Waals surface area contributed by atoms with Crippen molar-refractivity contribution in [3.8, 4) is 0 Å². The van der Waals surface area contributed by atoms with Crippen LogP contribution in [0.15, 0.2) is 28.4 Å². The molecule has 0 bridgehead atoms. The van der Waals surface area contributed by atoms with Gasteiger partial charge in [0, 0.05) is 18.2 Å².